The van der Waals surface area contributed by atoms with Crippen LogP contribution in [0.3, 0.4) is 0 Å². The molecule has 0 aliphatic rings. The Bertz CT molecular complexity index is 210. The van der Waals surface area contributed by atoms with E-state index in [2.05, 4.69) is 21.2 Å². The number of carbonyl (C=O) groups excluding carboxylic acids is 1. The predicted molar refractivity (Wildman–Crippen MR) is 55.9 cm³/mol. The van der Waals surface area contributed by atoms with Crippen molar-refractivity contribution in [1.82, 2.24) is 5.32 Å². The van der Waals surface area contributed by atoms with Crippen molar-refractivity contribution in [2.45, 2.75) is 43.6 Å². The Kier molecular flexibility index (Phi) is 5.62. The van der Waals surface area contributed by atoms with Crippen LogP contribution < -0.4 is 5.32 Å². The highest BCUT2D eigenvalue weighted by Gasteiger charge is 2.26. The van der Waals surface area contributed by atoms with Gasteiger partial charge in [0.15, 0.2) is 0 Å². The van der Waals surface area contributed by atoms with E-state index in [1.54, 1.807) is 13.8 Å². The Hall–Kier alpha value is -0.260. The molecule has 0 aromatic heterocycles. The van der Waals surface area contributed by atoms with Gasteiger partial charge in [-0.2, -0.15) is 13.2 Å². The molecule has 1 amide bonds. The summed E-state index contributed by atoms with van der Waals surface area (Å²) in [6.45, 7) is 3.64. The van der Waals surface area contributed by atoms with Gasteiger partial charge in [-0.25, -0.2) is 0 Å². The fraction of sp³-hybridized carbons (Fsp3) is 0.889. The molecule has 0 aliphatic carbocycles. The molecule has 0 fully saturated rings. The lowest BCUT2D eigenvalue weighted by molar-refractivity contribution is -0.135. The van der Waals surface area contributed by atoms with Crippen LogP contribution in [0.1, 0.15) is 33.1 Å². The third-order valence-electron chi connectivity index (χ3n) is 1.71. The maximum Gasteiger partial charge on any atom is 0.389 e. The molecule has 0 radical (unpaired) electrons. The molecule has 0 aromatic carbocycles. The number of hydrogen-bond acceptors (Lipinski definition) is 1. The Labute approximate surface area is 95.7 Å². The van der Waals surface area contributed by atoms with Gasteiger partial charge in [0.1, 0.15) is 0 Å². The van der Waals surface area contributed by atoms with E-state index in [0.29, 0.717) is 6.42 Å². The number of carbonyl (C=O) groups is 1. The van der Waals surface area contributed by atoms with Gasteiger partial charge < -0.3 is 5.32 Å². The normalized spacial score (nSPS) is 12.7. The van der Waals surface area contributed by atoms with E-state index in [4.69, 9.17) is 0 Å². The summed E-state index contributed by atoms with van der Waals surface area (Å²) in [5, 5.41) is 2.56. The number of nitrogens with one attached hydrogen (secondary N) is 1. The van der Waals surface area contributed by atoms with Crippen LogP contribution in [0.25, 0.3) is 0 Å². The zero-order valence-corrected chi connectivity index (χ0v) is 10.3. The van der Waals surface area contributed by atoms with Gasteiger partial charge in [-0.1, -0.05) is 15.9 Å². The molecule has 1 N–H and O–H groups in total. The molecule has 0 saturated heterocycles. The first kappa shape index (κ1) is 14.7. The number of rotatable bonds is 5. The van der Waals surface area contributed by atoms with Crippen LogP contribution in [0, 0.1) is 0 Å². The van der Waals surface area contributed by atoms with Crippen LogP contribution in [0.4, 0.5) is 13.2 Å². The molecule has 0 bridgehead atoms. The number of unbranched alkanes of at least 4 members (excludes halogenated alkanes) is 1. The minimum absolute atomic E-state index is 0.0481. The first-order chi connectivity index (χ1) is 6.63. The van der Waals surface area contributed by atoms with Crippen LogP contribution in [-0.4, -0.2) is 23.0 Å². The highest BCUT2D eigenvalue weighted by Crippen LogP contribution is 2.22. The molecule has 0 rings (SSSR count). The number of halogens is 4. The Morgan fingerprint density at radius 1 is 1.27 bits per heavy atom. The quantitative estimate of drug-likeness (QED) is 0.612. The van der Waals surface area contributed by atoms with Gasteiger partial charge in [0, 0.05) is 13.0 Å². The minimum Gasteiger partial charge on any atom is -0.355 e. The molecule has 0 heterocycles. The summed E-state index contributed by atoms with van der Waals surface area (Å²) in [6.07, 6.45) is -4.50. The summed E-state index contributed by atoms with van der Waals surface area (Å²) in [5.41, 5.74) is 0. The molecule has 6 heteroatoms. The molecule has 0 spiro atoms. The van der Waals surface area contributed by atoms with Gasteiger partial charge in [0.05, 0.1) is 4.32 Å². The molecule has 0 atom stereocenters. The van der Waals surface area contributed by atoms with Gasteiger partial charge in [0.25, 0.3) is 0 Å². The smallest absolute Gasteiger partial charge is 0.355 e. The van der Waals surface area contributed by atoms with Crippen LogP contribution in [0.2, 0.25) is 0 Å². The zero-order valence-electron chi connectivity index (χ0n) is 8.75. The summed E-state index contributed by atoms with van der Waals surface area (Å²) < 4.78 is 34.5. The largest absolute Gasteiger partial charge is 0.389 e. The summed E-state index contributed by atoms with van der Waals surface area (Å²) in [4.78, 5) is 11.2. The van der Waals surface area contributed by atoms with Crippen molar-refractivity contribution >= 4 is 21.8 Å². The van der Waals surface area contributed by atoms with E-state index in [0.717, 1.165) is 0 Å². The second-order valence-electron chi connectivity index (χ2n) is 3.80. The predicted octanol–water partition coefficient (Wildman–Crippen LogP) is 3.01. The van der Waals surface area contributed by atoms with Gasteiger partial charge >= 0.3 is 6.18 Å². The van der Waals surface area contributed by atoms with Crippen LogP contribution in [-0.2, 0) is 4.79 Å². The maximum atomic E-state index is 11.7. The average molecular weight is 290 g/mol. The number of hydrogen-bond donors (Lipinski definition) is 1. The highest BCUT2D eigenvalue weighted by molar-refractivity contribution is 9.10. The monoisotopic (exact) mass is 289 g/mol. The average Bonchev–Trinajstić information content (AvgIpc) is 1.99. The van der Waals surface area contributed by atoms with E-state index >= 15 is 0 Å². The molecule has 0 saturated carbocycles. The van der Waals surface area contributed by atoms with Crippen LogP contribution in [0.5, 0.6) is 0 Å². The maximum absolute atomic E-state index is 11.7. The minimum atomic E-state index is -4.10. The third-order valence-corrected chi connectivity index (χ3v) is 2.07. The first-order valence-electron chi connectivity index (χ1n) is 4.67. The highest BCUT2D eigenvalue weighted by atomic mass is 79.9. The van der Waals surface area contributed by atoms with E-state index in [1.165, 1.54) is 0 Å². The van der Waals surface area contributed by atoms with E-state index in [1.807, 2.05) is 0 Å². The zero-order chi connectivity index (χ0) is 12.1. The lowest BCUT2D eigenvalue weighted by Gasteiger charge is -2.15. The van der Waals surface area contributed by atoms with Crippen LogP contribution >= 0.6 is 15.9 Å². The van der Waals surface area contributed by atoms with Crippen molar-refractivity contribution in [3.8, 4) is 0 Å². The molecule has 0 aliphatic heterocycles. The van der Waals surface area contributed by atoms with Crippen molar-refractivity contribution in [2.75, 3.05) is 6.54 Å². The van der Waals surface area contributed by atoms with Gasteiger partial charge in [-0.3, -0.25) is 4.79 Å². The van der Waals surface area contributed by atoms with Gasteiger partial charge in [-0.15, -0.1) is 0 Å². The molecule has 0 unspecified atom stereocenters. The fourth-order valence-electron chi connectivity index (χ4n) is 0.863. The molecule has 2 nitrogen and oxygen atoms in total. The van der Waals surface area contributed by atoms with E-state index in [-0.39, 0.29) is 18.9 Å². The molecular formula is C9H15BrF3NO. The number of alkyl halides is 4. The third kappa shape index (κ3) is 8.72. The van der Waals surface area contributed by atoms with Crippen LogP contribution in [0.15, 0.2) is 0 Å². The SMILES string of the molecule is CC(C)(Br)C(=O)NCCCCC(F)(F)F. The van der Waals surface area contributed by atoms with Crippen molar-refractivity contribution in [3.63, 3.8) is 0 Å². The lowest BCUT2D eigenvalue weighted by Crippen LogP contribution is -2.38. The standard InChI is InChI=1S/C9H15BrF3NO/c1-8(2,10)7(15)14-6-4-3-5-9(11,12)13/h3-6H2,1-2H3,(H,14,15). The Morgan fingerprint density at radius 2 is 1.80 bits per heavy atom. The Balaban J connectivity index is 3.53. The Morgan fingerprint density at radius 3 is 2.20 bits per heavy atom. The van der Waals surface area contributed by atoms with Crippen molar-refractivity contribution < 1.29 is 18.0 Å². The van der Waals surface area contributed by atoms with Crippen molar-refractivity contribution in [2.24, 2.45) is 0 Å². The van der Waals surface area contributed by atoms with E-state index < -0.39 is 16.9 Å². The molecule has 15 heavy (non-hydrogen) atoms. The van der Waals surface area contributed by atoms with Crippen molar-refractivity contribution in [1.29, 1.82) is 0 Å². The first-order valence-corrected chi connectivity index (χ1v) is 5.46. The topological polar surface area (TPSA) is 29.1 Å². The lowest BCUT2D eigenvalue weighted by atomic mass is 10.2. The van der Waals surface area contributed by atoms with Gasteiger partial charge in [-0.05, 0) is 26.7 Å². The van der Waals surface area contributed by atoms with E-state index in [9.17, 15) is 18.0 Å². The molecule has 0 aromatic rings. The second-order valence-corrected chi connectivity index (χ2v) is 5.78. The summed E-state index contributed by atoms with van der Waals surface area (Å²) >= 11 is 3.15. The fourth-order valence-corrected chi connectivity index (χ4v) is 1.00. The second kappa shape index (κ2) is 5.72. The number of amides is 1. The molecular weight excluding hydrogens is 275 g/mol. The van der Waals surface area contributed by atoms with Gasteiger partial charge in [0.2, 0.25) is 5.91 Å². The summed E-state index contributed by atoms with van der Waals surface area (Å²) in [6, 6.07) is 0. The molecule has 90 valence electrons. The summed E-state index contributed by atoms with van der Waals surface area (Å²) in [7, 11) is 0. The van der Waals surface area contributed by atoms with Crippen molar-refractivity contribution in [3.05, 3.63) is 0 Å². The summed E-state index contributed by atoms with van der Waals surface area (Å²) in [5.74, 6) is -0.213.